The van der Waals surface area contributed by atoms with Crippen LogP contribution in [-0.4, -0.2) is 19.2 Å². The van der Waals surface area contributed by atoms with E-state index in [1.165, 1.54) is 5.69 Å². The first-order valence-corrected chi connectivity index (χ1v) is 5.23. The van der Waals surface area contributed by atoms with Crippen LogP contribution >= 0.6 is 0 Å². The second-order valence-corrected chi connectivity index (χ2v) is 3.99. The summed E-state index contributed by atoms with van der Waals surface area (Å²) in [5, 5.41) is 9.24. The Labute approximate surface area is 95.8 Å². The van der Waals surface area contributed by atoms with Gasteiger partial charge in [-0.25, -0.2) is 0 Å². The van der Waals surface area contributed by atoms with Crippen LogP contribution in [0.3, 0.4) is 0 Å². The van der Waals surface area contributed by atoms with Gasteiger partial charge in [-0.1, -0.05) is 24.3 Å². The quantitative estimate of drug-likeness (QED) is 0.828. The molecule has 0 saturated carbocycles. The van der Waals surface area contributed by atoms with Crippen molar-refractivity contribution in [2.75, 3.05) is 19.0 Å². The van der Waals surface area contributed by atoms with Crippen molar-refractivity contribution in [2.24, 2.45) is 0 Å². The molecule has 2 rings (SSSR count). The summed E-state index contributed by atoms with van der Waals surface area (Å²) in [5.41, 5.74) is 3.44. The molecular formula is C14H15NO. The third kappa shape index (κ3) is 2.16. The van der Waals surface area contributed by atoms with Crippen molar-refractivity contribution in [3.8, 4) is 16.9 Å². The van der Waals surface area contributed by atoms with E-state index in [1.54, 1.807) is 12.1 Å². The van der Waals surface area contributed by atoms with Crippen LogP contribution in [0, 0.1) is 0 Å². The summed E-state index contributed by atoms with van der Waals surface area (Å²) in [6.45, 7) is 0. The summed E-state index contributed by atoms with van der Waals surface area (Å²) in [5.74, 6) is 0.299. The van der Waals surface area contributed by atoms with Crippen molar-refractivity contribution in [3.05, 3.63) is 48.5 Å². The van der Waals surface area contributed by atoms with Crippen LogP contribution in [0.25, 0.3) is 11.1 Å². The highest BCUT2D eigenvalue weighted by Crippen LogP contribution is 2.25. The van der Waals surface area contributed by atoms with Crippen LogP contribution in [0.2, 0.25) is 0 Å². The highest BCUT2D eigenvalue weighted by molar-refractivity contribution is 5.68. The first kappa shape index (κ1) is 10.6. The molecule has 0 aliphatic heterocycles. The number of nitrogens with zero attached hydrogens (tertiary/aromatic N) is 1. The number of benzene rings is 2. The average molecular weight is 213 g/mol. The second-order valence-electron chi connectivity index (χ2n) is 3.99. The fourth-order valence-corrected chi connectivity index (χ4v) is 1.62. The summed E-state index contributed by atoms with van der Waals surface area (Å²) in [7, 11) is 4.05. The standard InChI is InChI=1S/C14H15NO/c1-15(2)13-5-3-4-12(10-13)11-6-8-14(16)9-7-11/h3-10,16H,1-2H3. The van der Waals surface area contributed by atoms with E-state index < -0.39 is 0 Å². The molecule has 2 nitrogen and oxygen atoms in total. The minimum Gasteiger partial charge on any atom is -0.508 e. The topological polar surface area (TPSA) is 23.5 Å². The van der Waals surface area contributed by atoms with E-state index >= 15 is 0 Å². The van der Waals surface area contributed by atoms with Crippen molar-refractivity contribution >= 4 is 5.69 Å². The van der Waals surface area contributed by atoms with Gasteiger partial charge < -0.3 is 10.0 Å². The van der Waals surface area contributed by atoms with Crippen LogP contribution in [-0.2, 0) is 0 Å². The molecule has 0 aliphatic carbocycles. The van der Waals surface area contributed by atoms with Gasteiger partial charge in [-0.15, -0.1) is 0 Å². The number of aromatic hydroxyl groups is 1. The van der Waals surface area contributed by atoms with Gasteiger partial charge >= 0.3 is 0 Å². The Balaban J connectivity index is 2.40. The lowest BCUT2D eigenvalue weighted by atomic mass is 10.0. The highest BCUT2D eigenvalue weighted by Gasteiger charge is 2.00. The molecule has 0 radical (unpaired) electrons. The van der Waals surface area contributed by atoms with E-state index in [0.29, 0.717) is 5.75 Å². The van der Waals surface area contributed by atoms with Gasteiger partial charge in [-0.05, 0) is 35.4 Å². The van der Waals surface area contributed by atoms with Crippen LogP contribution in [0.5, 0.6) is 5.75 Å². The van der Waals surface area contributed by atoms with Gasteiger partial charge in [-0.2, -0.15) is 0 Å². The van der Waals surface area contributed by atoms with E-state index in [9.17, 15) is 5.11 Å². The summed E-state index contributed by atoms with van der Waals surface area (Å²) in [6.07, 6.45) is 0. The second kappa shape index (κ2) is 4.27. The van der Waals surface area contributed by atoms with Gasteiger partial charge in [0.05, 0.1) is 0 Å². The van der Waals surface area contributed by atoms with Crippen molar-refractivity contribution in [1.29, 1.82) is 0 Å². The molecule has 2 aromatic rings. The van der Waals surface area contributed by atoms with Gasteiger partial charge in [0, 0.05) is 19.8 Å². The number of anilines is 1. The van der Waals surface area contributed by atoms with Crippen LogP contribution in [0.15, 0.2) is 48.5 Å². The number of hydrogen-bond donors (Lipinski definition) is 1. The molecule has 0 fully saturated rings. The molecule has 0 unspecified atom stereocenters. The van der Waals surface area contributed by atoms with Crippen LogP contribution < -0.4 is 4.90 Å². The zero-order chi connectivity index (χ0) is 11.5. The minimum absolute atomic E-state index is 0.299. The smallest absolute Gasteiger partial charge is 0.115 e. The molecular weight excluding hydrogens is 198 g/mol. The summed E-state index contributed by atoms with van der Waals surface area (Å²) in [6, 6.07) is 15.6. The molecule has 0 bridgehead atoms. The van der Waals surface area contributed by atoms with Crippen molar-refractivity contribution in [1.82, 2.24) is 0 Å². The van der Waals surface area contributed by atoms with Crippen molar-refractivity contribution in [2.45, 2.75) is 0 Å². The van der Waals surface area contributed by atoms with E-state index in [1.807, 2.05) is 32.3 Å². The van der Waals surface area contributed by atoms with E-state index in [0.717, 1.165) is 11.1 Å². The molecule has 0 atom stereocenters. The van der Waals surface area contributed by atoms with Gasteiger partial charge in [0.15, 0.2) is 0 Å². The molecule has 0 saturated heterocycles. The average Bonchev–Trinajstić information content (AvgIpc) is 2.30. The predicted molar refractivity (Wildman–Crippen MR) is 67.9 cm³/mol. The maximum atomic E-state index is 9.24. The van der Waals surface area contributed by atoms with Crippen LogP contribution in [0.4, 0.5) is 5.69 Å². The lowest BCUT2D eigenvalue weighted by Crippen LogP contribution is -2.08. The Bertz CT molecular complexity index is 474. The third-order valence-corrected chi connectivity index (χ3v) is 2.56. The molecule has 0 amide bonds. The third-order valence-electron chi connectivity index (χ3n) is 2.56. The van der Waals surface area contributed by atoms with Gasteiger partial charge in [-0.3, -0.25) is 0 Å². The molecule has 0 spiro atoms. The minimum atomic E-state index is 0.299. The number of rotatable bonds is 2. The predicted octanol–water partition coefficient (Wildman–Crippen LogP) is 3.13. The Kier molecular flexibility index (Phi) is 2.82. The van der Waals surface area contributed by atoms with Gasteiger partial charge in [0.25, 0.3) is 0 Å². The van der Waals surface area contributed by atoms with Crippen molar-refractivity contribution in [3.63, 3.8) is 0 Å². The monoisotopic (exact) mass is 213 g/mol. The number of hydrogen-bond acceptors (Lipinski definition) is 2. The van der Waals surface area contributed by atoms with Gasteiger partial charge in [0.2, 0.25) is 0 Å². The first-order valence-electron chi connectivity index (χ1n) is 5.23. The lowest BCUT2D eigenvalue weighted by molar-refractivity contribution is 0.475. The van der Waals surface area contributed by atoms with Gasteiger partial charge in [0.1, 0.15) is 5.75 Å². The normalized spacial score (nSPS) is 10.1. The fourth-order valence-electron chi connectivity index (χ4n) is 1.62. The van der Waals surface area contributed by atoms with Crippen LogP contribution in [0.1, 0.15) is 0 Å². The van der Waals surface area contributed by atoms with Crippen molar-refractivity contribution < 1.29 is 5.11 Å². The van der Waals surface area contributed by atoms with E-state index in [-0.39, 0.29) is 0 Å². The Hall–Kier alpha value is -1.96. The number of phenolic OH excluding ortho intramolecular Hbond substituents is 1. The zero-order valence-electron chi connectivity index (χ0n) is 9.51. The molecule has 16 heavy (non-hydrogen) atoms. The SMILES string of the molecule is CN(C)c1cccc(-c2ccc(O)cc2)c1. The summed E-state index contributed by atoms with van der Waals surface area (Å²) < 4.78 is 0. The molecule has 1 N–H and O–H groups in total. The zero-order valence-corrected chi connectivity index (χ0v) is 9.51. The molecule has 0 aromatic heterocycles. The van der Waals surface area contributed by atoms with E-state index in [2.05, 4.69) is 23.1 Å². The fraction of sp³-hybridized carbons (Fsp3) is 0.143. The Morgan fingerprint density at radius 2 is 1.56 bits per heavy atom. The lowest BCUT2D eigenvalue weighted by Gasteiger charge is -2.13. The highest BCUT2D eigenvalue weighted by atomic mass is 16.3. The molecule has 2 aromatic carbocycles. The first-order chi connectivity index (χ1) is 7.66. The summed E-state index contributed by atoms with van der Waals surface area (Å²) >= 11 is 0. The molecule has 0 aliphatic rings. The number of phenols is 1. The molecule has 0 heterocycles. The largest absolute Gasteiger partial charge is 0.508 e. The van der Waals surface area contributed by atoms with E-state index in [4.69, 9.17) is 0 Å². The Morgan fingerprint density at radius 1 is 0.875 bits per heavy atom. The molecule has 82 valence electrons. The maximum absolute atomic E-state index is 9.24. The maximum Gasteiger partial charge on any atom is 0.115 e. The Morgan fingerprint density at radius 3 is 2.19 bits per heavy atom. The summed E-state index contributed by atoms with van der Waals surface area (Å²) in [4.78, 5) is 2.07. The molecule has 2 heteroatoms.